The van der Waals surface area contributed by atoms with E-state index in [1.165, 1.54) is 33.9 Å². The van der Waals surface area contributed by atoms with Crippen molar-refractivity contribution in [2.75, 3.05) is 13.6 Å². The summed E-state index contributed by atoms with van der Waals surface area (Å²) in [5.74, 6) is -2.88. The van der Waals surface area contributed by atoms with Gasteiger partial charge in [0.1, 0.15) is 11.4 Å². The molecule has 1 saturated carbocycles. The van der Waals surface area contributed by atoms with Crippen LogP contribution in [-0.2, 0) is 12.1 Å². The Balaban J connectivity index is 1.71. The van der Waals surface area contributed by atoms with E-state index in [9.17, 15) is 29.0 Å². The fourth-order valence-electron chi connectivity index (χ4n) is 4.21. The number of fused-ring (bicyclic) bond motifs is 2. The molecule has 0 atom stereocenters. The van der Waals surface area contributed by atoms with Crippen molar-refractivity contribution in [2.45, 2.75) is 31.0 Å². The van der Waals surface area contributed by atoms with Crippen molar-refractivity contribution in [3.8, 4) is 5.75 Å². The molecule has 0 unspecified atom stereocenters. The van der Waals surface area contributed by atoms with Gasteiger partial charge in [0.2, 0.25) is 5.43 Å². The quantitative estimate of drug-likeness (QED) is 0.671. The molecule has 1 aromatic heterocycles. The van der Waals surface area contributed by atoms with Crippen LogP contribution < -0.4 is 10.7 Å². The number of nitrogens with one attached hydrogen (secondary N) is 1. The van der Waals surface area contributed by atoms with Gasteiger partial charge in [0.05, 0.1) is 16.7 Å². The van der Waals surface area contributed by atoms with Crippen LogP contribution in [0.25, 0.3) is 0 Å². The Morgan fingerprint density at radius 2 is 2.07 bits per heavy atom. The average Bonchev–Trinajstić information content (AvgIpc) is 2.67. The second-order valence-corrected chi connectivity index (χ2v) is 8.19. The third-order valence-electron chi connectivity index (χ3n) is 5.72. The number of hydrogen-bond donors (Lipinski definition) is 3. The Labute approximate surface area is 175 Å². The maximum Gasteiger partial charge on any atom is 0.274 e. The summed E-state index contributed by atoms with van der Waals surface area (Å²) in [4.78, 5) is 39.2. The Bertz CT molecular complexity index is 1130. The fourth-order valence-corrected chi connectivity index (χ4v) is 4.40. The molecule has 0 saturated heterocycles. The molecule has 0 radical (unpaired) electrons. The lowest BCUT2D eigenvalue weighted by molar-refractivity contribution is -0.0453. The number of aliphatic hydroxyl groups excluding tert-OH is 1. The second-order valence-electron chi connectivity index (χ2n) is 7.78. The number of benzene rings is 1. The largest absolute Gasteiger partial charge is 0.503 e. The number of aliphatic hydroxyl groups is 1. The number of hydrogen-bond acceptors (Lipinski definition) is 5. The fraction of sp³-hybridized carbons (Fsp3) is 0.350. The van der Waals surface area contributed by atoms with Crippen molar-refractivity contribution in [1.29, 1.82) is 0 Å². The van der Waals surface area contributed by atoms with Crippen LogP contribution in [0.3, 0.4) is 0 Å². The van der Waals surface area contributed by atoms with E-state index in [0.717, 1.165) is 0 Å². The minimum Gasteiger partial charge on any atom is -0.503 e. The van der Waals surface area contributed by atoms with E-state index in [2.05, 4.69) is 5.32 Å². The van der Waals surface area contributed by atoms with Crippen LogP contribution in [0.4, 0.5) is 4.39 Å². The van der Waals surface area contributed by atoms with Gasteiger partial charge in [-0.3, -0.25) is 14.4 Å². The van der Waals surface area contributed by atoms with Crippen LogP contribution in [0.5, 0.6) is 5.75 Å². The number of nitrogens with zero attached hydrogens (tertiary/aromatic N) is 2. The molecule has 1 aliphatic heterocycles. The number of carbonyl (C=O) groups excluding carboxylic acids is 2. The monoisotopic (exact) mass is 435 g/mol. The van der Waals surface area contributed by atoms with Crippen LogP contribution in [0.1, 0.15) is 39.3 Å². The number of amides is 2. The second kappa shape index (κ2) is 7.10. The standard InChI is InChI=1S/C20H19ClFN3O5/c1-24-9-20(5-11(26)6-20)25-8-12(16(27)17(28)15(25)19(24)30)18(29)23-7-10-3-2-4-13(21)14(10)22/h2-4,8,11,26,28H,5-7,9H2,1H3,(H,23,29)/t11-,20+. The first-order chi connectivity index (χ1) is 14.1. The van der Waals surface area contributed by atoms with Gasteiger partial charge >= 0.3 is 0 Å². The molecule has 2 amide bonds. The van der Waals surface area contributed by atoms with E-state index in [0.29, 0.717) is 12.8 Å². The number of carbonyl (C=O) groups is 2. The summed E-state index contributed by atoms with van der Waals surface area (Å²) in [6.45, 7) is 0.0473. The smallest absolute Gasteiger partial charge is 0.274 e. The predicted octanol–water partition coefficient (Wildman–Crippen LogP) is 1.21. The summed E-state index contributed by atoms with van der Waals surface area (Å²) in [5, 5.41) is 22.6. The van der Waals surface area contributed by atoms with Gasteiger partial charge in [-0.25, -0.2) is 4.39 Å². The van der Waals surface area contributed by atoms with Crippen molar-refractivity contribution >= 4 is 23.4 Å². The first kappa shape index (κ1) is 20.4. The lowest BCUT2D eigenvalue weighted by atomic mass is 9.72. The van der Waals surface area contributed by atoms with Crippen molar-refractivity contribution in [3.63, 3.8) is 0 Å². The third-order valence-corrected chi connectivity index (χ3v) is 6.01. The first-order valence-corrected chi connectivity index (χ1v) is 9.66. The van der Waals surface area contributed by atoms with Crippen molar-refractivity contribution in [2.24, 2.45) is 0 Å². The molecule has 3 N–H and O–H groups in total. The van der Waals surface area contributed by atoms with Gasteiger partial charge in [0.25, 0.3) is 11.8 Å². The van der Waals surface area contributed by atoms with Gasteiger partial charge in [-0.05, 0) is 18.9 Å². The Kier molecular flexibility index (Phi) is 4.82. The minimum atomic E-state index is -0.996. The molecule has 10 heteroatoms. The maximum absolute atomic E-state index is 14.0. The number of rotatable bonds is 3. The summed E-state index contributed by atoms with van der Waals surface area (Å²) in [6, 6.07) is 4.34. The summed E-state index contributed by atoms with van der Waals surface area (Å²) in [7, 11) is 1.54. The lowest BCUT2D eigenvalue weighted by Gasteiger charge is -2.52. The molecule has 1 aromatic carbocycles. The third kappa shape index (κ3) is 3.05. The molecule has 30 heavy (non-hydrogen) atoms. The van der Waals surface area contributed by atoms with Crippen molar-refractivity contribution in [1.82, 2.24) is 14.8 Å². The molecular formula is C20H19ClFN3O5. The zero-order valence-corrected chi connectivity index (χ0v) is 16.7. The van der Waals surface area contributed by atoms with Crippen LogP contribution >= 0.6 is 11.6 Å². The van der Waals surface area contributed by atoms with E-state index in [1.807, 2.05) is 0 Å². The number of halogens is 2. The van der Waals surface area contributed by atoms with Gasteiger partial charge in [0, 0.05) is 31.9 Å². The zero-order chi connectivity index (χ0) is 21.8. The highest BCUT2D eigenvalue weighted by Crippen LogP contribution is 2.44. The molecule has 2 aliphatic rings. The molecular weight excluding hydrogens is 417 g/mol. The first-order valence-electron chi connectivity index (χ1n) is 9.28. The van der Waals surface area contributed by atoms with Gasteiger partial charge in [-0.2, -0.15) is 0 Å². The van der Waals surface area contributed by atoms with E-state index in [-0.39, 0.29) is 34.9 Å². The molecule has 0 bridgehead atoms. The molecule has 158 valence electrons. The highest BCUT2D eigenvalue weighted by Gasteiger charge is 2.51. The number of likely N-dealkylation sites (N-methyl/N-ethyl adjacent to an activating group) is 1. The molecule has 1 aliphatic carbocycles. The maximum atomic E-state index is 14.0. The summed E-state index contributed by atoms with van der Waals surface area (Å²) < 4.78 is 15.5. The summed E-state index contributed by atoms with van der Waals surface area (Å²) >= 11 is 5.73. The molecule has 2 aromatic rings. The topological polar surface area (TPSA) is 112 Å². The summed E-state index contributed by atoms with van der Waals surface area (Å²) in [5.41, 5.74) is -2.16. The Morgan fingerprint density at radius 3 is 2.73 bits per heavy atom. The van der Waals surface area contributed by atoms with Gasteiger partial charge in [-0.15, -0.1) is 0 Å². The molecule has 4 rings (SSSR count). The number of aromatic nitrogens is 1. The van der Waals surface area contributed by atoms with Crippen LogP contribution in [-0.4, -0.2) is 51.2 Å². The Hall–Kier alpha value is -2.91. The molecule has 1 spiro atoms. The minimum absolute atomic E-state index is 0.0960. The van der Waals surface area contributed by atoms with E-state index in [4.69, 9.17) is 11.6 Å². The van der Waals surface area contributed by atoms with Crippen molar-refractivity contribution in [3.05, 3.63) is 62.3 Å². The van der Waals surface area contributed by atoms with Crippen LogP contribution in [0, 0.1) is 5.82 Å². The normalized spacial score (nSPS) is 22.6. The van der Waals surface area contributed by atoms with Gasteiger partial charge in [0.15, 0.2) is 11.4 Å². The zero-order valence-electron chi connectivity index (χ0n) is 16.0. The van der Waals surface area contributed by atoms with E-state index < -0.39 is 40.5 Å². The number of aromatic hydroxyl groups is 1. The SMILES string of the molecule is CN1C[C@]2(C[C@H](O)C2)n2cc(C(=O)NCc3cccc(Cl)c3F)c(=O)c(O)c2C1=O. The van der Waals surface area contributed by atoms with Crippen molar-refractivity contribution < 1.29 is 24.2 Å². The molecule has 8 nitrogen and oxygen atoms in total. The van der Waals surface area contributed by atoms with E-state index in [1.54, 1.807) is 7.05 Å². The highest BCUT2D eigenvalue weighted by molar-refractivity contribution is 6.30. The predicted molar refractivity (Wildman–Crippen MR) is 105 cm³/mol. The average molecular weight is 436 g/mol. The van der Waals surface area contributed by atoms with Crippen LogP contribution in [0.15, 0.2) is 29.2 Å². The lowest BCUT2D eigenvalue weighted by Crippen LogP contribution is -2.61. The Morgan fingerprint density at radius 1 is 1.37 bits per heavy atom. The van der Waals surface area contributed by atoms with Crippen LogP contribution in [0.2, 0.25) is 5.02 Å². The summed E-state index contributed by atoms with van der Waals surface area (Å²) in [6.07, 6.45) is 1.28. The van der Waals surface area contributed by atoms with E-state index >= 15 is 0 Å². The number of pyridine rings is 1. The highest BCUT2D eigenvalue weighted by atomic mass is 35.5. The molecule has 1 fully saturated rings. The van der Waals surface area contributed by atoms with Gasteiger partial charge in [-0.1, -0.05) is 23.7 Å². The molecule has 2 heterocycles. The van der Waals surface area contributed by atoms with Gasteiger partial charge < -0.3 is 25.0 Å².